The molecular formula is C18H28OSi. The van der Waals surface area contributed by atoms with Gasteiger partial charge < -0.3 is 4.79 Å². The van der Waals surface area contributed by atoms with Crippen LogP contribution >= 0.6 is 0 Å². The zero-order valence-corrected chi connectivity index (χ0v) is 14.2. The minimum Gasteiger partial charge on any atom is -0.305 e. The number of hydrogen-bond acceptors (Lipinski definition) is 1. The van der Waals surface area contributed by atoms with Crippen LogP contribution in [0.15, 0.2) is 30.3 Å². The van der Waals surface area contributed by atoms with Crippen molar-refractivity contribution in [2.45, 2.75) is 58.5 Å². The average molecular weight is 289 g/mol. The second-order valence-corrected chi connectivity index (χ2v) is 11.5. The molecule has 1 aromatic carbocycles. The molecule has 0 aliphatic heterocycles. The van der Waals surface area contributed by atoms with Gasteiger partial charge in [0, 0.05) is 6.42 Å². The van der Waals surface area contributed by atoms with Crippen LogP contribution in [0, 0.1) is 11.8 Å². The van der Waals surface area contributed by atoms with Gasteiger partial charge in [0.25, 0.3) is 0 Å². The highest BCUT2D eigenvalue weighted by atomic mass is 28.3. The lowest BCUT2D eigenvalue weighted by Gasteiger charge is -2.21. The second-order valence-electron chi connectivity index (χ2n) is 7.09. The lowest BCUT2D eigenvalue weighted by molar-refractivity contribution is -0.112. The van der Waals surface area contributed by atoms with Crippen molar-refractivity contribution in [1.29, 1.82) is 0 Å². The number of benzene rings is 1. The third kappa shape index (κ3) is 3.82. The van der Waals surface area contributed by atoms with E-state index in [0.717, 1.165) is 24.7 Å². The first-order chi connectivity index (χ1) is 9.50. The minimum absolute atomic E-state index is 0.523. The average Bonchev–Trinajstić information content (AvgIpc) is 2.85. The van der Waals surface area contributed by atoms with E-state index in [2.05, 4.69) is 44.3 Å². The zero-order chi connectivity index (χ0) is 14.6. The fourth-order valence-electron chi connectivity index (χ4n) is 3.47. The predicted molar refractivity (Wildman–Crippen MR) is 88.9 cm³/mol. The Morgan fingerprint density at radius 2 is 1.90 bits per heavy atom. The summed E-state index contributed by atoms with van der Waals surface area (Å²) in [6.45, 7) is 6.75. The normalized spacial score (nSPS) is 22.9. The van der Waals surface area contributed by atoms with Gasteiger partial charge in [-0.15, -0.1) is 0 Å². The van der Waals surface area contributed by atoms with Crippen LogP contribution in [-0.4, -0.2) is 13.5 Å². The molecule has 2 unspecified atom stereocenters. The molecule has 0 amide bonds. The van der Waals surface area contributed by atoms with E-state index in [1.165, 1.54) is 30.9 Å². The maximum atomic E-state index is 12.6. The SMILES string of the molecule is CC1CCC(CCCC(=O)[Si](C)(C)c2ccccc2)C1. The van der Waals surface area contributed by atoms with Crippen LogP contribution in [0.1, 0.15) is 45.4 Å². The molecule has 0 radical (unpaired) electrons. The van der Waals surface area contributed by atoms with E-state index in [9.17, 15) is 4.79 Å². The first-order valence-corrected chi connectivity index (χ1v) is 11.1. The molecule has 1 fully saturated rings. The molecule has 1 aliphatic rings. The molecule has 1 saturated carbocycles. The molecule has 2 rings (SSSR count). The summed E-state index contributed by atoms with van der Waals surface area (Å²) in [4.78, 5) is 12.6. The van der Waals surface area contributed by atoms with Crippen molar-refractivity contribution < 1.29 is 4.79 Å². The van der Waals surface area contributed by atoms with E-state index in [0.29, 0.717) is 5.41 Å². The fourth-order valence-corrected chi connectivity index (χ4v) is 5.62. The topological polar surface area (TPSA) is 17.1 Å². The summed E-state index contributed by atoms with van der Waals surface area (Å²) in [5.74, 6) is 1.80. The molecular weight excluding hydrogens is 260 g/mol. The highest BCUT2D eigenvalue weighted by molar-refractivity contribution is 7.13. The number of carbonyl (C=O) groups is 1. The maximum absolute atomic E-state index is 12.6. The fraction of sp³-hybridized carbons (Fsp3) is 0.611. The highest BCUT2D eigenvalue weighted by Crippen LogP contribution is 2.33. The monoisotopic (exact) mass is 288 g/mol. The quantitative estimate of drug-likeness (QED) is 0.713. The van der Waals surface area contributed by atoms with Gasteiger partial charge >= 0.3 is 0 Å². The molecule has 1 nitrogen and oxygen atoms in total. The predicted octanol–water partition coefficient (Wildman–Crippen LogP) is 4.32. The van der Waals surface area contributed by atoms with Gasteiger partial charge in [-0.1, -0.05) is 74.8 Å². The van der Waals surface area contributed by atoms with Crippen molar-refractivity contribution in [2.24, 2.45) is 11.8 Å². The molecule has 0 bridgehead atoms. The molecule has 0 N–H and O–H groups in total. The highest BCUT2D eigenvalue weighted by Gasteiger charge is 2.32. The van der Waals surface area contributed by atoms with Gasteiger partial charge in [0.05, 0.1) is 0 Å². The standard InChI is InChI=1S/C18H28OSi/c1-15-12-13-16(14-15)8-7-11-18(19)20(2,3)17-9-5-4-6-10-17/h4-6,9-10,15-16H,7-8,11-14H2,1-3H3. The van der Waals surface area contributed by atoms with Crippen molar-refractivity contribution >= 4 is 18.7 Å². The molecule has 0 saturated heterocycles. The van der Waals surface area contributed by atoms with Crippen LogP contribution in [0.3, 0.4) is 0 Å². The van der Waals surface area contributed by atoms with E-state index in [1.807, 2.05) is 6.07 Å². The van der Waals surface area contributed by atoms with Gasteiger partial charge in [0.2, 0.25) is 0 Å². The van der Waals surface area contributed by atoms with Gasteiger partial charge in [0.15, 0.2) is 8.07 Å². The number of hydrogen-bond donors (Lipinski definition) is 0. The van der Waals surface area contributed by atoms with Crippen molar-refractivity contribution in [3.05, 3.63) is 30.3 Å². The van der Waals surface area contributed by atoms with Crippen LogP contribution in [-0.2, 0) is 4.79 Å². The van der Waals surface area contributed by atoms with Crippen molar-refractivity contribution in [3.63, 3.8) is 0 Å². The molecule has 1 aliphatic carbocycles. The number of carbonyl (C=O) groups excluding carboxylic acids is 1. The molecule has 0 spiro atoms. The third-order valence-corrected chi connectivity index (χ3v) is 8.43. The van der Waals surface area contributed by atoms with E-state index in [1.54, 1.807) is 0 Å². The number of rotatable bonds is 6. The minimum atomic E-state index is -1.91. The Morgan fingerprint density at radius 3 is 2.50 bits per heavy atom. The maximum Gasteiger partial charge on any atom is 0.157 e. The molecule has 2 atom stereocenters. The summed E-state index contributed by atoms with van der Waals surface area (Å²) in [5.41, 5.74) is 0. The molecule has 2 heteroatoms. The Hall–Kier alpha value is -0.893. The molecule has 0 heterocycles. The summed E-state index contributed by atoms with van der Waals surface area (Å²) in [5, 5.41) is 1.80. The van der Waals surface area contributed by atoms with E-state index < -0.39 is 8.07 Å². The first kappa shape index (κ1) is 15.5. The van der Waals surface area contributed by atoms with Gasteiger partial charge in [0.1, 0.15) is 5.41 Å². The van der Waals surface area contributed by atoms with E-state index >= 15 is 0 Å². The third-order valence-electron chi connectivity index (χ3n) is 5.01. The molecule has 20 heavy (non-hydrogen) atoms. The summed E-state index contributed by atoms with van der Waals surface area (Å²) >= 11 is 0. The Morgan fingerprint density at radius 1 is 1.20 bits per heavy atom. The molecule has 0 aromatic heterocycles. The Bertz CT molecular complexity index is 438. The first-order valence-electron chi connectivity index (χ1n) is 8.09. The molecule has 1 aromatic rings. The smallest absolute Gasteiger partial charge is 0.157 e. The van der Waals surface area contributed by atoms with Crippen LogP contribution in [0.25, 0.3) is 0 Å². The zero-order valence-electron chi connectivity index (χ0n) is 13.2. The van der Waals surface area contributed by atoms with Gasteiger partial charge in [-0.3, -0.25) is 0 Å². The summed E-state index contributed by atoms with van der Waals surface area (Å²) in [6.07, 6.45) is 7.30. The van der Waals surface area contributed by atoms with Crippen LogP contribution in [0.2, 0.25) is 13.1 Å². The Labute approximate surface area is 124 Å². The Kier molecular flexibility index (Phi) is 5.20. The second kappa shape index (κ2) is 6.71. The van der Waals surface area contributed by atoms with Crippen LogP contribution < -0.4 is 5.19 Å². The van der Waals surface area contributed by atoms with Gasteiger partial charge in [-0.25, -0.2) is 0 Å². The van der Waals surface area contributed by atoms with Gasteiger partial charge in [-0.2, -0.15) is 0 Å². The van der Waals surface area contributed by atoms with E-state index in [4.69, 9.17) is 0 Å². The van der Waals surface area contributed by atoms with Crippen molar-refractivity contribution in [2.75, 3.05) is 0 Å². The van der Waals surface area contributed by atoms with E-state index in [-0.39, 0.29) is 0 Å². The van der Waals surface area contributed by atoms with Crippen LogP contribution in [0.4, 0.5) is 0 Å². The summed E-state index contributed by atoms with van der Waals surface area (Å²) in [7, 11) is -1.91. The van der Waals surface area contributed by atoms with Crippen LogP contribution in [0.5, 0.6) is 0 Å². The van der Waals surface area contributed by atoms with Crippen molar-refractivity contribution in [1.82, 2.24) is 0 Å². The Balaban J connectivity index is 1.82. The largest absolute Gasteiger partial charge is 0.305 e. The van der Waals surface area contributed by atoms with Gasteiger partial charge in [-0.05, 0) is 24.7 Å². The molecule has 110 valence electrons. The lowest BCUT2D eigenvalue weighted by Crippen LogP contribution is -2.49. The summed E-state index contributed by atoms with van der Waals surface area (Å²) < 4.78 is 0. The lowest BCUT2D eigenvalue weighted by atomic mass is 9.99. The summed E-state index contributed by atoms with van der Waals surface area (Å²) in [6, 6.07) is 10.4. The van der Waals surface area contributed by atoms with Crippen molar-refractivity contribution in [3.8, 4) is 0 Å².